The maximum absolute atomic E-state index is 2.20. The molecule has 0 nitrogen and oxygen atoms in total. The molecule has 0 fully saturated rings. The van der Waals surface area contributed by atoms with Crippen molar-refractivity contribution in [3.8, 4) is 0 Å². The SMILES string of the molecule is CCCC.Cc1ccc(C)c(C)c1. The van der Waals surface area contributed by atoms with Crippen molar-refractivity contribution in [3.05, 3.63) is 34.9 Å². The van der Waals surface area contributed by atoms with E-state index in [-0.39, 0.29) is 0 Å². The van der Waals surface area contributed by atoms with Crippen LogP contribution in [0.3, 0.4) is 0 Å². The van der Waals surface area contributed by atoms with E-state index < -0.39 is 0 Å². The first kappa shape index (κ1) is 12.2. The first-order valence-electron chi connectivity index (χ1n) is 5.15. The Balaban J connectivity index is 0.000000310. The van der Waals surface area contributed by atoms with Gasteiger partial charge in [0.05, 0.1) is 0 Å². The lowest BCUT2D eigenvalue weighted by Gasteiger charge is -1.98. The van der Waals surface area contributed by atoms with E-state index in [0.717, 1.165) is 0 Å². The molecule has 0 heterocycles. The quantitative estimate of drug-likeness (QED) is 0.597. The van der Waals surface area contributed by atoms with Crippen molar-refractivity contribution < 1.29 is 0 Å². The molecule has 0 aromatic heterocycles. The van der Waals surface area contributed by atoms with Gasteiger partial charge in [0.1, 0.15) is 0 Å². The van der Waals surface area contributed by atoms with Gasteiger partial charge in [0.15, 0.2) is 0 Å². The van der Waals surface area contributed by atoms with Crippen LogP contribution in [-0.2, 0) is 0 Å². The van der Waals surface area contributed by atoms with Crippen LogP contribution in [0.4, 0.5) is 0 Å². The van der Waals surface area contributed by atoms with E-state index in [1.165, 1.54) is 29.5 Å². The minimum atomic E-state index is 1.32. The summed E-state index contributed by atoms with van der Waals surface area (Å²) in [5.74, 6) is 0. The van der Waals surface area contributed by atoms with Crippen molar-refractivity contribution in [1.29, 1.82) is 0 Å². The summed E-state index contributed by atoms with van der Waals surface area (Å²) in [7, 11) is 0. The summed E-state index contributed by atoms with van der Waals surface area (Å²) in [6.07, 6.45) is 2.64. The van der Waals surface area contributed by atoms with Gasteiger partial charge in [-0.05, 0) is 31.9 Å². The molecule has 0 saturated carbocycles. The van der Waals surface area contributed by atoms with Gasteiger partial charge in [-0.15, -0.1) is 0 Å². The topological polar surface area (TPSA) is 0 Å². The van der Waals surface area contributed by atoms with Crippen LogP contribution in [0, 0.1) is 20.8 Å². The molecule has 0 bridgehead atoms. The number of rotatable bonds is 1. The number of benzene rings is 1. The van der Waals surface area contributed by atoms with E-state index >= 15 is 0 Å². The minimum Gasteiger partial charge on any atom is -0.0654 e. The van der Waals surface area contributed by atoms with E-state index in [4.69, 9.17) is 0 Å². The van der Waals surface area contributed by atoms with Gasteiger partial charge in [-0.25, -0.2) is 0 Å². The Morgan fingerprint density at radius 3 is 1.69 bits per heavy atom. The van der Waals surface area contributed by atoms with E-state index in [9.17, 15) is 0 Å². The molecule has 1 rings (SSSR count). The van der Waals surface area contributed by atoms with Crippen molar-refractivity contribution in [2.24, 2.45) is 0 Å². The maximum Gasteiger partial charge on any atom is -0.0395 e. The molecule has 0 unspecified atom stereocenters. The van der Waals surface area contributed by atoms with Gasteiger partial charge in [-0.2, -0.15) is 0 Å². The fourth-order valence-electron chi connectivity index (χ4n) is 0.891. The molecule has 13 heavy (non-hydrogen) atoms. The summed E-state index contributed by atoms with van der Waals surface area (Å²) in [6, 6.07) is 6.50. The highest BCUT2D eigenvalue weighted by Gasteiger charge is 1.89. The Bertz CT molecular complexity index is 234. The second-order valence-electron chi connectivity index (χ2n) is 3.59. The lowest BCUT2D eigenvalue weighted by Crippen LogP contribution is -1.79. The third kappa shape index (κ3) is 5.46. The number of hydrogen-bond donors (Lipinski definition) is 0. The Hall–Kier alpha value is -0.780. The number of aryl methyl sites for hydroxylation is 3. The lowest BCUT2D eigenvalue weighted by atomic mass is 10.1. The molecule has 1 aromatic carbocycles. The van der Waals surface area contributed by atoms with Gasteiger partial charge in [0.25, 0.3) is 0 Å². The van der Waals surface area contributed by atoms with E-state index in [2.05, 4.69) is 52.8 Å². The molecule has 0 heteroatoms. The summed E-state index contributed by atoms with van der Waals surface area (Å²) < 4.78 is 0. The first-order valence-corrected chi connectivity index (χ1v) is 5.15. The highest BCUT2D eigenvalue weighted by Crippen LogP contribution is 2.07. The zero-order chi connectivity index (χ0) is 10.3. The second kappa shape index (κ2) is 6.71. The Kier molecular flexibility index (Phi) is 6.30. The molecular weight excluding hydrogens is 156 g/mol. The molecule has 0 radical (unpaired) electrons. The first-order chi connectivity index (χ1) is 6.11. The minimum absolute atomic E-state index is 1.32. The fraction of sp³-hybridized carbons (Fsp3) is 0.538. The zero-order valence-corrected chi connectivity index (χ0v) is 9.65. The summed E-state index contributed by atoms with van der Waals surface area (Å²) in [4.78, 5) is 0. The third-order valence-electron chi connectivity index (χ3n) is 2.16. The van der Waals surface area contributed by atoms with Crippen LogP contribution in [0.15, 0.2) is 18.2 Å². The van der Waals surface area contributed by atoms with Crippen molar-refractivity contribution in [1.82, 2.24) is 0 Å². The van der Waals surface area contributed by atoms with E-state index in [0.29, 0.717) is 0 Å². The van der Waals surface area contributed by atoms with Gasteiger partial charge in [0, 0.05) is 0 Å². The lowest BCUT2D eigenvalue weighted by molar-refractivity contribution is 0.886. The third-order valence-corrected chi connectivity index (χ3v) is 2.16. The van der Waals surface area contributed by atoms with Crippen LogP contribution in [-0.4, -0.2) is 0 Å². The smallest absolute Gasteiger partial charge is 0.0395 e. The molecule has 1 aromatic rings. The van der Waals surface area contributed by atoms with Crippen LogP contribution < -0.4 is 0 Å². The Labute approximate surface area is 83.0 Å². The zero-order valence-electron chi connectivity index (χ0n) is 9.65. The summed E-state index contributed by atoms with van der Waals surface area (Å²) in [5.41, 5.74) is 4.11. The standard InChI is InChI=1S/C9H12.C4H10/c1-7-4-5-8(2)9(3)6-7;1-3-4-2/h4-6H,1-3H3;3-4H2,1-2H3. The summed E-state index contributed by atoms with van der Waals surface area (Å²) in [5, 5.41) is 0. The van der Waals surface area contributed by atoms with Gasteiger partial charge >= 0.3 is 0 Å². The summed E-state index contributed by atoms with van der Waals surface area (Å²) in [6.45, 7) is 10.8. The van der Waals surface area contributed by atoms with Crippen LogP contribution in [0.5, 0.6) is 0 Å². The van der Waals surface area contributed by atoms with E-state index in [1.54, 1.807) is 0 Å². The molecule has 74 valence electrons. The normalized spacial score (nSPS) is 9.00. The maximum atomic E-state index is 2.20. The van der Waals surface area contributed by atoms with Crippen LogP contribution in [0.25, 0.3) is 0 Å². The number of unbranched alkanes of at least 4 members (excludes halogenated alkanes) is 1. The predicted molar refractivity (Wildman–Crippen MR) is 61.2 cm³/mol. The largest absolute Gasteiger partial charge is 0.0654 e. The Morgan fingerprint density at radius 1 is 0.846 bits per heavy atom. The van der Waals surface area contributed by atoms with Crippen molar-refractivity contribution in [2.45, 2.75) is 47.5 Å². The monoisotopic (exact) mass is 178 g/mol. The van der Waals surface area contributed by atoms with Crippen LogP contribution in [0.1, 0.15) is 43.4 Å². The average molecular weight is 178 g/mol. The molecule has 0 atom stereocenters. The van der Waals surface area contributed by atoms with Crippen LogP contribution in [0.2, 0.25) is 0 Å². The van der Waals surface area contributed by atoms with Gasteiger partial charge in [0.2, 0.25) is 0 Å². The molecule has 0 aliphatic rings. The molecule has 0 aliphatic heterocycles. The van der Waals surface area contributed by atoms with Gasteiger partial charge < -0.3 is 0 Å². The average Bonchev–Trinajstić information content (AvgIpc) is 2.12. The molecule has 0 saturated heterocycles. The molecule has 0 spiro atoms. The van der Waals surface area contributed by atoms with Gasteiger partial charge in [-0.1, -0.05) is 50.5 Å². The second-order valence-corrected chi connectivity index (χ2v) is 3.59. The highest BCUT2D eigenvalue weighted by molar-refractivity contribution is 5.28. The Morgan fingerprint density at radius 2 is 1.38 bits per heavy atom. The summed E-state index contributed by atoms with van der Waals surface area (Å²) >= 11 is 0. The fourth-order valence-corrected chi connectivity index (χ4v) is 0.891. The molecule has 0 N–H and O–H groups in total. The highest BCUT2D eigenvalue weighted by atomic mass is 13.9. The predicted octanol–water partition coefficient (Wildman–Crippen LogP) is 4.42. The molecular formula is C13H22. The number of hydrogen-bond acceptors (Lipinski definition) is 0. The molecule has 0 amide bonds. The van der Waals surface area contributed by atoms with E-state index in [1.807, 2.05) is 0 Å². The van der Waals surface area contributed by atoms with Crippen molar-refractivity contribution in [2.75, 3.05) is 0 Å². The van der Waals surface area contributed by atoms with Gasteiger partial charge in [-0.3, -0.25) is 0 Å². The van der Waals surface area contributed by atoms with Crippen LogP contribution >= 0.6 is 0 Å². The van der Waals surface area contributed by atoms with Crippen molar-refractivity contribution >= 4 is 0 Å². The van der Waals surface area contributed by atoms with Crippen molar-refractivity contribution in [3.63, 3.8) is 0 Å². The molecule has 0 aliphatic carbocycles.